The maximum Gasteiger partial charge on any atom is 0.264 e. The number of carbonyl (C=O) groups excluding carboxylic acids is 1. The fraction of sp³-hybridized carbons (Fsp3) is 0.320. The molecule has 6 nitrogen and oxygen atoms in total. The summed E-state index contributed by atoms with van der Waals surface area (Å²) in [7, 11) is -4.36. The third kappa shape index (κ3) is 5.24. The largest absolute Gasteiger partial charge is 0.378 e. The molecule has 1 aliphatic heterocycles. The van der Waals surface area contributed by atoms with Gasteiger partial charge in [0.1, 0.15) is 16.5 Å². The summed E-state index contributed by atoms with van der Waals surface area (Å²) in [5.74, 6) is -2.34. The highest BCUT2D eigenvalue weighted by atomic mass is 32.2. The van der Waals surface area contributed by atoms with Crippen LogP contribution in [-0.4, -0.2) is 40.5 Å². The minimum absolute atomic E-state index is 0.0690. The lowest BCUT2D eigenvalue weighted by Crippen LogP contribution is -2.37. The average Bonchev–Trinajstić information content (AvgIpc) is 3.24. The predicted octanol–water partition coefficient (Wildman–Crippen LogP) is 5.01. The Hall–Kier alpha value is -2.82. The van der Waals surface area contributed by atoms with Gasteiger partial charge in [0.15, 0.2) is 5.78 Å². The first-order valence-electron chi connectivity index (χ1n) is 11.1. The van der Waals surface area contributed by atoms with Crippen molar-refractivity contribution in [3.05, 3.63) is 74.5 Å². The van der Waals surface area contributed by atoms with Crippen LogP contribution in [0.25, 0.3) is 0 Å². The number of nitrogens with zero attached hydrogens (tertiary/aromatic N) is 1. The summed E-state index contributed by atoms with van der Waals surface area (Å²) < 4.78 is 60.6. The summed E-state index contributed by atoms with van der Waals surface area (Å²) in [6.07, 6.45) is 0.0927. The number of ether oxygens (including phenoxy) is 1. The van der Waals surface area contributed by atoms with Crippen molar-refractivity contribution >= 4 is 38.5 Å². The normalized spacial score (nSPS) is 14.3. The molecular formula is C25H26F2N2O4S2. The van der Waals surface area contributed by atoms with Crippen LogP contribution in [0.3, 0.4) is 0 Å². The quantitative estimate of drug-likeness (QED) is 0.443. The summed E-state index contributed by atoms with van der Waals surface area (Å²) in [6, 6.07) is 5.75. The summed E-state index contributed by atoms with van der Waals surface area (Å²) >= 11 is 1.11. The zero-order valence-electron chi connectivity index (χ0n) is 19.7. The van der Waals surface area contributed by atoms with E-state index < -0.39 is 26.6 Å². The number of rotatable bonds is 7. The van der Waals surface area contributed by atoms with Crippen LogP contribution in [0.1, 0.15) is 31.9 Å². The van der Waals surface area contributed by atoms with E-state index in [-0.39, 0.29) is 22.8 Å². The smallest absolute Gasteiger partial charge is 0.264 e. The number of morpholine rings is 1. The van der Waals surface area contributed by atoms with Crippen LogP contribution >= 0.6 is 11.3 Å². The number of benzene rings is 2. The van der Waals surface area contributed by atoms with Gasteiger partial charge in [0.2, 0.25) is 0 Å². The first-order chi connectivity index (χ1) is 16.6. The molecule has 0 saturated carbocycles. The lowest BCUT2D eigenvalue weighted by molar-refractivity contribution is 0.0997. The number of carbonyl (C=O) groups is 1. The minimum atomic E-state index is -4.36. The van der Waals surface area contributed by atoms with Crippen LogP contribution in [0.5, 0.6) is 0 Å². The zero-order valence-corrected chi connectivity index (χ0v) is 21.3. The summed E-state index contributed by atoms with van der Waals surface area (Å²) in [5.41, 5.74) is 5.19. The topological polar surface area (TPSA) is 75.7 Å². The SMILES string of the molecule is Cc1cc(C)c(N2CCOCC2)c(C)c1CC(=O)c1sccc1NS(=O)(=O)c1ccc(F)cc1F. The molecule has 0 atom stereocenters. The van der Waals surface area contributed by atoms with Crippen LogP contribution in [0, 0.1) is 32.4 Å². The molecule has 4 rings (SSSR count). The van der Waals surface area contributed by atoms with Gasteiger partial charge in [-0.05, 0) is 66.6 Å². The molecule has 0 radical (unpaired) electrons. The van der Waals surface area contributed by atoms with Gasteiger partial charge in [-0.1, -0.05) is 6.07 Å². The molecule has 1 saturated heterocycles. The van der Waals surface area contributed by atoms with Crippen LogP contribution in [-0.2, 0) is 21.2 Å². The zero-order chi connectivity index (χ0) is 25.3. The van der Waals surface area contributed by atoms with Crippen molar-refractivity contribution in [2.24, 2.45) is 0 Å². The number of aryl methyl sites for hydroxylation is 2. The number of ketones is 1. The van der Waals surface area contributed by atoms with E-state index in [9.17, 15) is 22.0 Å². The maximum absolute atomic E-state index is 14.1. The summed E-state index contributed by atoms with van der Waals surface area (Å²) in [6.45, 7) is 8.85. The van der Waals surface area contributed by atoms with E-state index in [1.54, 1.807) is 5.38 Å². The Morgan fingerprint density at radius 2 is 1.80 bits per heavy atom. The molecule has 10 heteroatoms. The number of halogens is 2. The highest BCUT2D eigenvalue weighted by Gasteiger charge is 2.25. The fourth-order valence-electron chi connectivity index (χ4n) is 4.50. The third-order valence-electron chi connectivity index (χ3n) is 6.10. The van der Waals surface area contributed by atoms with E-state index in [0.717, 1.165) is 64.5 Å². The first-order valence-corrected chi connectivity index (χ1v) is 13.5. The van der Waals surface area contributed by atoms with Gasteiger partial charge in [-0.3, -0.25) is 9.52 Å². The van der Waals surface area contributed by atoms with Crippen molar-refractivity contribution < 1.29 is 26.7 Å². The Bertz CT molecular complexity index is 1380. The number of sulfonamides is 1. The molecule has 1 aromatic heterocycles. The molecule has 0 spiro atoms. The van der Waals surface area contributed by atoms with Gasteiger partial charge < -0.3 is 9.64 Å². The van der Waals surface area contributed by atoms with E-state index in [4.69, 9.17) is 4.74 Å². The van der Waals surface area contributed by atoms with Gasteiger partial charge >= 0.3 is 0 Å². The Balaban J connectivity index is 1.61. The van der Waals surface area contributed by atoms with E-state index >= 15 is 0 Å². The molecule has 1 aliphatic rings. The number of nitrogens with one attached hydrogen (secondary N) is 1. The number of thiophene rings is 1. The molecule has 1 fully saturated rings. The van der Waals surface area contributed by atoms with Gasteiger partial charge in [0.25, 0.3) is 10.0 Å². The summed E-state index contributed by atoms with van der Waals surface area (Å²) in [5, 5.41) is 1.60. The van der Waals surface area contributed by atoms with Gasteiger partial charge in [-0.15, -0.1) is 11.3 Å². The Labute approximate surface area is 207 Å². The third-order valence-corrected chi connectivity index (χ3v) is 8.46. The van der Waals surface area contributed by atoms with Crippen molar-refractivity contribution in [3.63, 3.8) is 0 Å². The van der Waals surface area contributed by atoms with Gasteiger partial charge in [0, 0.05) is 31.3 Å². The van der Waals surface area contributed by atoms with Crippen molar-refractivity contribution in [2.45, 2.75) is 32.1 Å². The molecule has 2 aromatic carbocycles. The molecule has 35 heavy (non-hydrogen) atoms. The van der Waals surface area contributed by atoms with Crippen LogP contribution < -0.4 is 9.62 Å². The molecule has 2 heterocycles. The molecule has 0 amide bonds. The monoisotopic (exact) mass is 520 g/mol. The van der Waals surface area contributed by atoms with Crippen LogP contribution in [0.2, 0.25) is 0 Å². The highest BCUT2D eigenvalue weighted by Crippen LogP contribution is 2.33. The molecular weight excluding hydrogens is 494 g/mol. The number of Topliss-reactive ketones (excluding diaryl/α,β-unsaturated/α-hetero) is 1. The standard InChI is InChI=1S/C25H26F2N2O4S2/c1-15-12-16(2)24(29-7-9-33-10-8-29)17(3)19(15)14-22(30)25-21(6-11-34-25)28-35(31,32)23-5-4-18(26)13-20(23)27/h4-6,11-13,28H,7-10,14H2,1-3H3. The van der Waals surface area contributed by atoms with Crippen LogP contribution in [0.4, 0.5) is 20.2 Å². The predicted molar refractivity (Wildman–Crippen MR) is 133 cm³/mol. The van der Waals surface area contributed by atoms with Crippen molar-refractivity contribution in [2.75, 3.05) is 35.9 Å². The second kappa shape index (κ2) is 10.0. The minimum Gasteiger partial charge on any atom is -0.378 e. The van der Waals surface area contributed by atoms with Crippen molar-refractivity contribution in [3.8, 4) is 0 Å². The van der Waals surface area contributed by atoms with Crippen molar-refractivity contribution in [1.82, 2.24) is 0 Å². The second-order valence-corrected chi connectivity index (χ2v) is 11.1. The Morgan fingerprint density at radius 1 is 1.09 bits per heavy atom. The molecule has 186 valence electrons. The van der Waals surface area contributed by atoms with E-state index in [1.165, 1.54) is 6.07 Å². The fourth-order valence-corrected chi connectivity index (χ4v) is 6.49. The Morgan fingerprint density at radius 3 is 2.49 bits per heavy atom. The molecule has 3 aromatic rings. The van der Waals surface area contributed by atoms with Gasteiger partial charge in [-0.25, -0.2) is 17.2 Å². The van der Waals surface area contributed by atoms with E-state index in [1.807, 2.05) is 13.8 Å². The maximum atomic E-state index is 14.1. The molecule has 1 N–H and O–H groups in total. The molecule has 0 bridgehead atoms. The van der Waals surface area contributed by atoms with Gasteiger partial charge in [-0.2, -0.15) is 0 Å². The number of hydrogen-bond acceptors (Lipinski definition) is 6. The van der Waals surface area contributed by atoms with E-state index in [2.05, 4.69) is 22.6 Å². The Kier molecular flexibility index (Phi) is 7.25. The highest BCUT2D eigenvalue weighted by molar-refractivity contribution is 7.92. The van der Waals surface area contributed by atoms with E-state index in [0.29, 0.717) is 19.3 Å². The second-order valence-electron chi connectivity index (χ2n) is 8.51. The van der Waals surface area contributed by atoms with Crippen LogP contribution in [0.15, 0.2) is 40.6 Å². The number of anilines is 2. The number of hydrogen-bond donors (Lipinski definition) is 1. The van der Waals surface area contributed by atoms with Gasteiger partial charge in [0.05, 0.1) is 23.8 Å². The lowest BCUT2D eigenvalue weighted by atomic mass is 9.92. The lowest BCUT2D eigenvalue weighted by Gasteiger charge is -2.32. The summed E-state index contributed by atoms with van der Waals surface area (Å²) in [4.78, 5) is 15.1. The molecule has 0 unspecified atom stereocenters. The average molecular weight is 521 g/mol. The molecule has 0 aliphatic carbocycles. The first kappa shape index (κ1) is 25.3. The van der Waals surface area contributed by atoms with Crippen molar-refractivity contribution in [1.29, 1.82) is 0 Å².